The van der Waals surface area contributed by atoms with Crippen LogP contribution >= 0.6 is 0 Å². The van der Waals surface area contributed by atoms with Gasteiger partial charge in [0.2, 0.25) is 5.91 Å². The van der Waals surface area contributed by atoms with Crippen molar-refractivity contribution in [3.05, 3.63) is 0 Å². The smallest absolute Gasteiger partial charge is 0.222 e. The van der Waals surface area contributed by atoms with Crippen molar-refractivity contribution >= 4 is 5.91 Å². The average Bonchev–Trinajstić information content (AvgIpc) is 2.10. The Labute approximate surface area is 83.8 Å². The normalized spacial score (nSPS) is 14.9. The van der Waals surface area contributed by atoms with Crippen LogP contribution in [0.25, 0.3) is 0 Å². The maximum atomic E-state index is 11.1. The first kappa shape index (κ1) is 13.4. The van der Waals surface area contributed by atoms with Crippen LogP contribution in [-0.2, 0) is 4.79 Å². The van der Waals surface area contributed by atoms with Gasteiger partial charge in [0.1, 0.15) is 0 Å². The van der Waals surface area contributed by atoms with Crippen molar-refractivity contribution in [2.24, 2.45) is 0 Å². The zero-order valence-electron chi connectivity index (χ0n) is 8.44. The lowest BCUT2D eigenvalue weighted by Crippen LogP contribution is -2.38. The van der Waals surface area contributed by atoms with Crippen LogP contribution in [0, 0.1) is 0 Å². The second kappa shape index (κ2) is 7.73. The largest absolute Gasteiger partial charge is 0.396 e. The number of aliphatic hydroxyl groups is 3. The Morgan fingerprint density at radius 2 is 2.07 bits per heavy atom. The van der Waals surface area contributed by atoms with Crippen LogP contribution in [0.3, 0.4) is 0 Å². The van der Waals surface area contributed by atoms with E-state index in [-0.39, 0.29) is 31.6 Å². The number of aliphatic hydroxyl groups excluding tert-OH is 3. The summed E-state index contributed by atoms with van der Waals surface area (Å²) >= 11 is 0. The minimum absolute atomic E-state index is 0.0373. The number of nitrogens with one attached hydrogen (secondary N) is 1. The molecule has 0 aliphatic heterocycles. The summed E-state index contributed by atoms with van der Waals surface area (Å²) in [5.74, 6) is -0.281. The third kappa shape index (κ3) is 6.82. The molecule has 5 heteroatoms. The van der Waals surface area contributed by atoms with E-state index >= 15 is 0 Å². The van der Waals surface area contributed by atoms with Crippen LogP contribution in [-0.4, -0.2) is 46.6 Å². The quantitative estimate of drug-likeness (QED) is 0.429. The average molecular weight is 205 g/mol. The van der Waals surface area contributed by atoms with Gasteiger partial charge in [-0.1, -0.05) is 0 Å². The SMILES string of the molecule is CC(O)CC(=O)N[C@H](CO)CCCO. The molecule has 1 unspecified atom stereocenters. The monoisotopic (exact) mass is 205 g/mol. The van der Waals surface area contributed by atoms with Crippen LogP contribution in [0.5, 0.6) is 0 Å². The summed E-state index contributed by atoms with van der Waals surface area (Å²) < 4.78 is 0. The van der Waals surface area contributed by atoms with E-state index in [0.717, 1.165) is 0 Å². The van der Waals surface area contributed by atoms with E-state index in [1.807, 2.05) is 0 Å². The maximum absolute atomic E-state index is 11.1. The summed E-state index contributed by atoms with van der Waals surface area (Å²) in [5.41, 5.74) is 0. The van der Waals surface area contributed by atoms with Gasteiger partial charge in [-0.2, -0.15) is 0 Å². The number of amides is 1. The Hall–Kier alpha value is -0.650. The molecule has 2 atom stereocenters. The van der Waals surface area contributed by atoms with Crippen LogP contribution in [0.2, 0.25) is 0 Å². The van der Waals surface area contributed by atoms with E-state index in [0.29, 0.717) is 12.8 Å². The summed E-state index contributed by atoms with van der Waals surface area (Å²) in [5, 5.41) is 28.9. The molecule has 0 radical (unpaired) electrons. The van der Waals surface area contributed by atoms with Crippen molar-refractivity contribution in [3.63, 3.8) is 0 Å². The highest BCUT2D eigenvalue weighted by Crippen LogP contribution is 1.97. The molecule has 0 aromatic heterocycles. The fraction of sp³-hybridized carbons (Fsp3) is 0.889. The van der Waals surface area contributed by atoms with Gasteiger partial charge in [0.05, 0.1) is 25.2 Å². The number of hydrogen-bond acceptors (Lipinski definition) is 4. The lowest BCUT2D eigenvalue weighted by Gasteiger charge is -2.16. The minimum atomic E-state index is -0.674. The van der Waals surface area contributed by atoms with E-state index in [4.69, 9.17) is 15.3 Å². The second-order valence-electron chi connectivity index (χ2n) is 3.37. The molecule has 0 bridgehead atoms. The molecular formula is C9H19NO4. The molecule has 0 aromatic rings. The molecule has 0 aliphatic rings. The zero-order chi connectivity index (χ0) is 11.0. The van der Waals surface area contributed by atoms with Gasteiger partial charge < -0.3 is 20.6 Å². The summed E-state index contributed by atoms with van der Waals surface area (Å²) in [4.78, 5) is 11.1. The van der Waals surface area contributed by atoms with E-state index < -0.39 is 6.10 Å². The highest BCUT2D eigenvalue weighted by atomic mass is 16.3. The van der Waals surface area contributed by atoms with E-state index in [1.165, 1.54) is 6.92 Å². The lowest BCUT2D eigenvalue weighted by molar-refractivity contribution is -0.123. The molecule has 0 saturated carbocycles. The van der Waals surface area contributed by atoms with Gasteiger partial charge in [0.15, 0.2) is 0 Å². The second-order valence-corrected chi connectivity index (χ2v) is 3.37. The number of carbonyl (C=O) groups excluding carboxylic acids is 1. The van der Waals surface area contributed by atoms with Crippen LogP contribution in [0.15, 0.2) is 0 Å². The molecule has 0 rings (SSSR count). The zero-order valence-corrected chi connectivity index (χ0v) is 8.44. The van der Waals surface area contributed by atoms with Gasteiger partial charge in [-0.15, -0.1) is 0 Å². The molecule has 0 aromatic carbocycles. The molecule has 14 heavy (non-hydrogen) atoms. The predicted octanol–water partition coefficient (Wildman–Crippen LogP) is -0.993. The molecule has 0 spiro atoms. The Kier molecular flexibility index (Phi) is 7.37. The van der Waals surface area contributed by atoms with Gasteiger partial charge in [0.25, 0.3) is 0 Å². The molecule has 0 aliphatic carbocycles. The van der Waals surface area contributed by atoms with E-state index in [9.17, 15) is 4.79 Å². The van der Waals surface area contributed by atoms with Crippen molar-refractivity contribution in [1.29, 1.82) is 0 Å². The third-order valence-electron chi connectivity index (χ3n) is 1.78. The van der Waals surface area contributed by atoms with Crippen LogP contribution in [0.4, 0.5) is 0 Å². The van der Waals surface area contributed by atoms with Crippen molar-refractivity contribution < 1.29 is 20.1 Å². The summed E-state index contributed by atoms with van der Waals surface area (Å²) in [7, 11) is 0. The molecule has 84 valence electrons. The van der Waals surface area contributed by atoms with E-state index in [2.05, 4.69) is 5.32 Å². The van der Waals surface area contributed by atoms with Gasteiger partial charge in [0, 0.05) is 6.61 Å². The Morgan fingerprint density at radius 3 is 2.50 bits per heavy atom. The predicted molar refractivity (Wildman–Crippen MR) is 51.6 cm³/mol. The summed E-state index contributed by atoms with van der Waals surface area (Å²) in [6.45, 7) is 1.43. The van der Waals surface area contributed by atoms with Crippen LogP contribution in [0.1, 0.15) is 26.2 Å². The first-order chi connectivity index (χ1) is 6.60. The van der Waals surface area contributed by atoms with Crippen molar-refractivity contribution in [2.75, 3.05) is 13.2 Å². The van der Waals surface area contributed by atoms with Gasteiger partial charge in [-0.25, -0.2) is 0 Å². The first-order valence-corrected chi connectivity index (χ1v) is 4.79. The molecule has 0 fully saturated rings. The van der Waals surface area contributed by atoms with Crippen molar-refractivity contribution in [1.82, 2.24) is 5.32 Å². The number of hydrogen-bond donors (Lipinski definition) is 4. The minimum Gasteiger partial charge on any atom is -0.396 e. The van der Waals surface area contributed by atoms with Gasteiger partial charge >= 0.3 is 0 Å². The molecule has 5 nitrogen and oxygen atoms in total. The van der Waals surface area contributed by atoms with Crippen molar-refractivity contribution in [2.45, 2.75) is 38.3 Å². The van der Waals surface area contributed by atoms with E-state index in [1.54, 1.807) is 0 Å². The topological polar surface area (TPSA) is 89.8 Å². The molecule has 4 N–H and O–H groups in total. The summed E-state index contributed by atoms with van der Waals surface area (Å²) in [6, 6.07) is -0.326. The summed E-state index contributed by atoms with van der Waals surface area (Å²) in [6.07, 6.45) is 0.446. The molecule has 1 amide bonds. The van der Waals surface area contributed by atoms with Crippen molar-refractivity contribution in [3.8, 4) is 0 Å². The molecular weight excluding hydrogens is 186 g/mol. The Balaban J connectivity index is 3.74. The first-order valence-electron chi connectivity index (χ1n) is 4.79. The number of rotatable bonds is 7. The molecule has 0 heterocycles. The Morgan fingerprint density at radius 1 is 1.43 bits per heavy atom. The highest BCUT2D eigenvalue weighted by molar-refractivity contribution is 5.76. The lowest BCUT2D eigenvalue weighted by atomic mass is 10.1. The number of carbonyl (C=O) groups is 1. The Bertz CT molecular complexity index is 161. The van der Waals surface area contributed by atoms with Gasteiger partial charge in [-0.3, -0.25) is 4.79 Å². The fourth-order valence-electron chi connectivity index (χ4n) is 1.10. The van der Waals surface area contributed by atoms with Crippen LogP contribution < -0.4 is 5.32 Å². The third-order valence-corrected chi connectivity index (χ3v) is 1.78. The highest BCUT2D eigenvalue weighted by Gasteiger charge is 2.12. The maximum Gasteiger partial charge on any atom is 0.222 e. The standard InChI is InChI=1S/C9H19NO4/c1-7(13)5-9(14)10-8(6-12)3-2-4-11/h7-8,11-13H,2-6H2,1H3,(H,10,14)/t7?,8-/m0/s1. The molecule has 0 saturated heterocycles. The fourth-order valence-corrected chi connectivity index (χ4v) is 1.10. The van der Waals surface area contributed by atoms with Gasteiger partial charge in [-0.05, 0) is 19.8 Å².